The lowest BCUT2D eigenvalue weighted by molar-refractivity contribution is 0.682. The Hall–Kier alpha value is -1.29. The van der Waals surface area contributed by atoms with E-state index in [4.69, 9.17) is 0 Å². The van der Waals surface area contributed by atoms with Gasteiger partial charge in [-0.25, -0.2) is 4.98 Å². The van der Waals surface area contributed by atoms with Gasteiger partial charge in [-0.3, -0.25) is 0 Å². The van der Waals surface area contributed by atoms with Gasteiger partial charge in [-0.2, -0.15) is 0 Å². The van der Waals surface area contributed by atoms with Gasteiger partial charge in [0.2, 0.25) is 5.95 Å². The Labute approximate surface area is 99.9 Å². The van der Waals surface area contributed by atoms with Crippen LogP contribution >= 0.6 is 11.3 Å². The number of imidazole rings is 1. The Bertz CT molecular complexity index is 419. The zero-order valence-electron chi connectivity index (χ0n) is 9.66. The molecule has 0 spiro atoms. The number of thiophene rings is 1. The monoisotopic (exact) mass is 235 g/mol. The largest absolute Gasteiger partial charge is 0.348 e. The molecule has 0 saturated heterocycles. The van der Waals surface area contributed by atoms with Gasteiger partial charge in [-0.1, -0.05) is 19.4 Å². The van der Waals surface area contributed by atoms with Gasteiger partial charge in [0.15, 0.2) is 0 Å². The van der Waals surface area contributed by atoms with Crippen molar-refractivity contribution in [1.29, 1.82) is 0 Å². The fraction of sp³-hybridized carbons (Fsp3) is 0.417. The van der Waals surface area contributed by atoms with Gasteiger partial charge in [-0.15, -0.1) is 11.3 Å². The summed E-state index contributed by atoms with van der Waals surface area (Å²) in [5, 5.41) is 5.57. The quantitative estimate of drug-likeness (QED) is 0.829. The first-order chi connectivity index (χ1) is 7.79. The second-order valence-electron chi connectivity index (χ2n) is 3.92. The van der Waals surface area contributed by atoms with Crippen LogP contribution in [0.4, 0.5) is 5.95 Å². The number of aromatic amines is 1. The molecule has 1 atom stereocenters. The summed E-state index contributed by atoms with van der Waals surface area (Å²) < 4.78 is 0. The minimum atomic E-state index is 0.371. The van der Waals surface area contributed by atoms with E-state index in [9.17, 15) is 0 Å². The SMILES string of the molecule is CCCC(Nc1ncc(C)[nH]1)c1cccs1. The molecule has 2 heterocycles. The van der Waals surface area contributed by atoms with Crippen LogP contribution in [-0.2, 0) is 0 Å². The number of aryl methyl sites for hydroxylation is 1. The maximum absolute atomic E-state index is 4.29. The van der Waals surface area contributed by atoms with Crippen molar-refractivity contribution in [3.63, 3.8) is 0 Å². The first-order valence-electron chi connectivity index (χ1n) is 5.61. The van der Waals surface area contributed by atoms with Crippen molar-refractivity contribution in [2.75, 3.05) is 5.32 Å². The number of aromatic nitrogens is 2. The minimum Gasteiger partial charge on any atom is -0.348 e. The van der Waals surface area contributed by atoms with Crippen LogP contribution in [0.15, 0.2) is 23.7 Å². The number of rotatable bonds is 5. The van der Waals surface area contributed by atoms with E-state index in [0.29, 0.717) is 6.04 Å². The Morgan fingerprint density at radius 1 is 1.56 bits per heavy atom. The molecular weight excluding hydrogens is 218 g/mol. The normalized spacial score (nSPS) is 12.6. The van der Waals surface area contributed by atoms with Crippen molar-refractivity contribution in [3.8, 4) is 0 Å². The van der Waals surface area contributed by atoms with Crippen LogP contribution < -0.4 is 5.32 Å². The van der Waals surface area contributed by atoms with Crippen molar-refractivity contribution in [3.05, 3.63) is 34.3 Å². The standard InChI is InChI=1S/C12H17N3S/c1-3-5-10(11-6-4-7-16-11)15-12-13-8-9(2)14-12/h4,6-8,10H,3,5H2,1-2H3,(H2,13,14,15). The van der Waals surface area contributed by atoms with Gasteiger partial charge < -0.3 is 10.3 Å². The van der Waals surface area contributed by atoms with Crippen LogP contribution in [0.5, 0.6) is 0 Å². The second kappa shape index (κ2) is 5.16. The molecule has 86 valence electrons. The van der Waals surface area contributed by atoms with E-state index in [-0.39, 0.29) is 0 Å². The molecule has 16 heavy (non-hydrogen) atoms. The molecule has 0 bridgehead atoms. The molecule has 1 unspecified atom stereocenters. The molecule has 2 rings (SSSR count). The molecule has 4 heteroatoms. The number of nitrogens with one attached hydrogen (secondary N) is 2. The predicted octanol–water partition coefficient (Wildman–Crippen LogP) is 3.73. The molecule has 0 saturated carbocycles. The van der Waals surface area contributed by atoms with Crippen LogP contribution in [-0.4, -0.2) is 9.97 Å². The van der Waals surface area contributed by atoms with E-state index in [1.165, 1.54) is 4.88 Å². The van der Waals surface area contributed by atoms with Crippen molar-refractivity contribution in [1.82, 2.24) is 9.97 Å². The van der Waals surface area contributed by atoms with E-state index in [1.54, 1.807) is 11.3 Å². The predicted molar refractivity (Wildman–Crippen MR) is 68.9 cm³/mol. The van der Waals surface area contributed by atoms with Crippen LogP contribution in [0, 0.1) is 6.92 Å². The lowest BCUT2D eigenvalue weighted by atomic mass is 10.1. The molecule has 0 aliphatic carbocycles. The van der Waals surface area contributed by atoms with Crippen LogP contribution in [0.1, 0.15) is 36.4 Å². The third-order valence-electron chi connectivity index (χ3n) is 2.48. The summed E-state index contributed by atoms with van der Waals surface area (Å²) in [5.41, 5.74) is 1.09. The average molecular weight is 235 g/mol. The number of hydrogen-bond donors (Lipinski definition) is 2. The number of H-pyrrole nitrogens is 1. The average Bonchev–Trinajstić information content (AvgIpc) is 2.88. The highest BCUT2D eigenvalue weighted by molar-refractivity contribution is 7.10. The van der Waals surface area contributed by atoms with E-state index < -0.39 is 0 Å². The van der Waals surface area contributed by atoms with Gasteiger partial charge in [0.05, 0.1) is 6.04 Å². The summed E-state index contributed by atoms with van der Waals surface area (Å²) in [6.45, 7) is 4.22. The Kier molecular flexibility index (Phi) is 3.62. The minimum absolute atomic E-state index is 0.371. The maximum Gasteiger partial charge on any atom is 0.200 e. The van der Waals surface area contributed by atoms with Crippen molar-refractivity contribution in [2.45, 2.75) is 32.7 Å². The lowest BCUT2D eigenvalue weighted by Crippen LogP contribution is -2.10. The van der Waals surface area contributed by atoms with E-state index >= 15 is 0 Å². The van der Waals surface area contributed by atoms with Gasteiger partial charge in [0.1, 0.15) is 0 Å². The lowest BCUT2D eigenvalue weighted by Gasteiger charge is -2.15. The summed E-state index contributed by atoms with van der Waals surface area (Å²) in [5.74, 6) is 0.865. The van der Waals surface area contributed by atoms with Gasteiger partial charge in [0, 0.05) is 16.8 Å². The summed E-state index contributed by atoms with van der Waals surface area (Å²) in [4.78, 5) is 8.87. The third-order valence-corrected chi connectivity index (χ3v) is 3.46. The second-order valence-corrected chi connectivity index (χ2v) is 4.90. The molecule has 0 amide bonds. The van der Waals surface area contributed by atoms with Crippen molar-refractivity contribution >= 4 is 17.3 Å². The van der Waals surface area contributed by atoms with Gasteiger partial charge >= 0.3 is 0 Å². The summed E-state index contributed by atoms with van der Waals surface area (Å²) >= 11 is 1.79. The van der Waals surface area contributed by atoms with Crippen LogP contribution in [0.3, 0.4) is 0 Å². The molecule has 0 aliphatic heterocycles. The maximum atomic E-state index is 4.29. The molecule has 2 N–H and O–H groups in total. The molecule has 0 radical (unpaired) electrons. The number of nitrogens with zero attached hydrogens (tertiary/aromatic N) is 1. The van der Waals surface area contributed by atoms with E-state index in [0.717, 1.165) is 24.5 Å². The number of hydrogen-bond acceptors (Lipinski definition) is 3. The Morgan fingerprint density at radius 2 is 2.44 bits per heavy atom. The highest BCUT2D eigenvalue weighted by atomic mass is 32.1. The van der Waals surface area contributed by atoms with Gasteiger partial charge in [-0.05, 0) is 24.8 Å². The van der Waals surface area contributed by atoms with Crippen molar-refractivity contribution in [2.24, 2.45) is 0 Å². The fourth-order valence-corrected chi connectivity index (χ4v) is 2.53. The van der Waals surface area contributed by atoms with Crippen LogP contribution in [0.25, 0.3) is 0 Å². The third kappa shape index (κ3) is 2.64. The molecule has 3 nitrogen and oxygen atoms in total. The van der Waals surface area contributed by atoms with Crippen molar-refractivity contribution < 1.29 is 0 Å². The zero-order chi connectivity index (χ0) is 11.4. The highest BCUT2D eigenvalue weighted by Gasteiger charge is 2.12. The van der Waals surface area contributed by atoms with Crippen LogP contribution in [0.2, 0.25) is 0 Å². The zero-order valence-corrected chi connectivity index (χ0v) is 10.5. The smallest absolute Gasteiger partial charge is 0.200 e. The molecule has 0 aromatic carbocycles. The molecular formula is C12H17N3S. The Balaban J connectivity index is 2.09. The summed E-state index contributed by atoms with van der Waals surface area (Å²) in [6, 6.07) is 4.64. The number of anilines is 1. The summed E-state index contributed by atoms with van der Waals surface area (Å²) in [7, 11) is 0. The summed E-state index contributed by atoms with van der Waals surface area (Å²) in [6.07, 6.45) is 4.13. The molecule has 2 aromatic heterocycles. The van der Waals surface area contributed by atoms with E-state index in [1.807, 2.05) is 13.1 Å². The highest BCUT2D eigenvalue weighted by Crippen LogP contribution is 2.26. The van der Waals surface area contributed by atoms with Gasteiger partial charge in [0.25, 0.3) is 0 Å². The first-order valence-corrected chi connectivity index (χ1v) is 6.49. The Morgan fingerprint density at radius 3 is 3.00 bits per heavy atom. The molecule has 0 aliphatic rings. The molecule has 0 fully saturated rings. The molecule has 2 aromatic rings. The van der Waals surface area contributed by atoms with E-state index in [2.05, 4.69) is 39.7 Å². The topological polar surface area (TPSA) is 40.7 Å². The first kappa shape index (κ1) is 11.2. The fourth-order valence-electron chi connectivity index (χ4n) is 1.71.